The zero-order valence-corrected chi connectivity index (χ0v) is 9.39. The Bertz CT molecular complexity index is 357. The Labute approximate surface area is 95.8 Å². The van der Waals surface area contributed by atoms with Crippen molar-refractivity contribution in [2.45, 2.75) is 37.7 Å². The van der Waals surface area contributed by atoms with Crippen molar-refractivity contribution in [3.05, 3.63) is 23.9 Å². The van der Waals surface area contributed by atoms with Crippen molar-refractivity contribution in [1.82, 2.24) is 4.98 Å². The summed E-state index contributed by atoms with van der Waals surface area (Å²) in [5.74, 6) is 1.51. The number of rotatable bonds is 4. The van der Waals surface area contributed by atoms with Gasteiger partial charge >= 0.3 is 0 Å². The maximum Gasteiger partial charge on any atom is 0.216 e. The van der Waals surface area contributed by atoms with Gasteiger partial charge in [-0.25, -0.2) is 4.98 Å². The fourth-order valence-corrected chi connectivity index (χ4v) is 2.18. The second-order valence-electron chi connectivity index (χ2n) is 4.62. The van der Waals surface area contributed by atoms with Crippen molar-refractivity contribution in [3.63, 3.8) is 0 Å². The van der Waals surface area contributed by atoms with Crippen LogP contribution in [0.2, 0.25) is 0 Å². The quantitative estimate of drug-likeness (QED) is 0.779. The van der Waals surface area contributed by atoms with Gasteiger partial charge in [-0.15, -0.1) is 0 Å². The summed E-state index contributed by atoms with van der Waals surface area (Å²) in [6, 6.07) is 4.13. The highest BCUT2D eigenvalue weighted by molar-refractivity contribution is 5.32. The van der Waals surface area contributed by atoms with Crippen molar-refractivity contribution in [3.8, 4) is 5.88 Å². The van der Waals surface area contributed by atoms with Gasteiger partial charge in [-0.2, -0.15) is 0 Å². The molecule has 0 radical (unpaired) electrons. The molecule has 1 atom stereocenters. The van der Waals surface area contributed by atoms with Crippen LogP contribution in [-0.4, -0.2) is 24.3 Å². The lowest BCUT2D eigenvalue weighted by Crippen LogP contribution is -2.17. The Morgan fingerprint density at radius 2 is 2.31 bits per heavy atom. The van der Waals surface area contributed by atoms with Crippen molar-refractivity contribution in [1.29, 1.82) is 0 Å². The van der Waals surface area contributed by atoms with Crippen LogP contribution in [-0.2, 0) is 4.74 Å². The van der Waals surface area contributed by atoms with Gasteiger partial charge in [0.15, 0.2) is 0 Å². The van der Waals surface area contributed by atoms with Gasteiger partial charge in [0.1, 0.15) is 6.61 Å². The molecular formula is C13H17NO2. The molecule has 0 bridgehead atoms. The van der Waals surface area contributed by atoms with Gasteiger partial charge < -0.3 is 9.47 Å². The molecule has 2 fully saturated rings. The molecule has 1 aromatic heterocycles. The molecule has 1 unspecified atom stereocenters. The molecule has 16 heavy (non-hydrogen) atoms. The maximum absolute atomic E-state index is 5.79. The van der Waals surface area contributed by atoms with Gasteiger partial charge in [0, 0.05) is 18.4 Å². The van der Waals surface area contributed by atoms with Crippen molar-refractivity contribution >= 4 is 0 Å². The van der Waals surface area contributed by atoms with Crippen LogP contribution in [0, 0.1) is 0 Å². The number of aromatic nitrogens is 1. The van der Waals surface area contributed by atoms with E-state index in [4.69, 9.17) is 9.47 Å². The van der Waals surface area contributed by atoms with Crippen LogP contribution in [0.15, 0.2) is 18.3 Å². The Hall–Kier alpha value is -1.09. The minimum Gasteiger partial charge on any atom is -0.475 e. The van der Waals surface area contributed by atoms with E-state index in [-0.39, 0.29) is 6.10 Å². The predicted molar refractivity (Wildman–Crippen MR) is 60.7 cm³/mol. The van der Waals surface area contributed by atoms with E-state index in [9.17, 15) is 0 Å². The van der Waals surface area contributed by atoms with Crippen LogP contribution in [0.25, 0.3) is 0 Å². The van der Waals surface area contributed by atoms with Crippen molar-refractivity contribution in [2.24, 2.45) is 0 Å². The summed E-state index contributed by atoms with van der Waals surface area (Å²) >= 11 is 0. The zero-order chi connectivity index (χ0) is 10.8. The summed E-state index contributed by atoms with van der Waals surface area (Å²) in [5, 5.41) is 0. The summed E-state index contributed by atoms with van der Waals surface area (Å²) in [4.78, 5) is 4.32. The summed E-state index contributed by atoms with van der Waals surface area (Å²) in [6.07, 6.45) is 6.91. The van der Waals surface area contributed by atoms with Gasteiger partial charge in [-0.05, 0) is 37.7 Å². The summed E-state index contributed by atoms with van der Waals surface area (Å²) in [7, 11) is 0. The molecule has 3 rings (SSSR count). The van der Waals surface area contributed by atoms with E-state index in [0.29, 0.717) is 12.5 Å². The number of pyridine rings is 1. The minimum absolute atomic E-state index is 0.272. The third kappa shape index (κ3) is 2.19. The molecule has 1 aliphatic carbocycles. The fourth-order valence-electron chi connectivity index (χ4n) is 2.18. The third-order valence-electron chi connectivity index (χ3n) is 3.25. The molecule has 1 saturated heterocycles. The molecule has 1 saturated carbocycles. The standard InChI is InChI=1S/C13H17NO2/c1-4-12(10-5-6-10)13(14-7-1)16-9-11-3-2-8-15-11/h1,4,7,10-11H,2-3,5-6,8-9H2. The number of hydrogen-bond donors (Lipinski definition) is 0. The highest BCUT2D eigenvalue weighted by Crippen LogP contribution is 2.43. The van der Waals surface area contributed by atoms with Crippen molar-refractivity contribution < 1.29 is 9.47 Å². The highest BCUT2D eigenvalue weighted by atomic mass is 16.5. The summed E-state index contributed by atoms with van der Waals surface area (Å²) in [6.45, 7) is 1.53. The molecule has 0 N–H and O–H groups in total. The average molecular weight is 219 g/mol. The first-order valence-corrected chi connectivity index (χ1v) is 6.13. The molecule has 3 heteroatoms. The molecule has 0 aromatic carbocycles. The SMILES string of the molecule is c1cnc(OCC2CCCO2)c(C2CC2)c1. The summed E-state index contributed by atoms with van der Waals surface area (Å²) < 4.78 is 11.3. The van der Waals surface area contributed by atoms with E-state index in [1.165, 1.54) is 18.4 Å². The minimum atomic E-state index is 0.272. The molecule has 2 aliphatic rings. The Morgan fingerprint density at radius 3 is 3.06 bits per heavy atom. The molecular weight excluding hydrogens is 202 g/mol. The largest absolute Gasteiger partial charge is 0.475 e. The average Bonchev–Trinajstić information content (AvgIpc) is 3.04. The van der Waals surface area contributed by atoms with Gasteiger partial charge in [0.05, 0.1) is 6.10 Å². The van der Waals surface area contributed by atoms with Gasteiger partial charge in [-0.3, -0.25) is 0 Å². The first-order chi connectivity index (χ1) is 7.93. The van der Waals surface area contributed by atoms with Crippen LogP contribution in [0.3, 0.4) is 0 Å². The van der Waals surface area contributed by atoms with Crippen LogP contribution >= 0.6 is 0 Å². The molecule has 86 valence electrons. The van der Waals surface area contributed by atoms with Crippen LogP contribution in [0.5, 0.6) is 5.88 Å². The number of hydrogen-bond acceptors (Lipinski definition) is 3. The monoisotopic (exact) mass is 219 g/mol. The third-order valence-corrected chi connectivity index (χ3v) is 3.25. The highest BCUT2D eigenvalue weighted by Gasteiger charge is 2.27. The van der Waals surface area contributed by atoms with Crippen LogP contribution in [0.1, 0.15) is 37.2 Å². The molecule has 0 spiro atoms. The normalized spacial score (nSPS) is 24.6. The number of ether oxygens (including phenoxy) is 2. The Morgan fingerprint density at radius 1 is 1.38 bits per heavy atom. The van der Waals surface area contributed by atoms with Crippen LogP contribution in [0.4, 0.5) is 0 Å². The van der Waals surface area contributed by atoms with Crippen molar-refractivity contribution in [2.75, 3.05) is 13.2 Å². The van der Waals surface area contributed by atoms with E-state index >= 15 is 0 Å². The lowest BCUT2D eigenvalue weighted by Gasteiger charge is -2.13. The molecule has 3 nitrogen and oxygen atoms in total. The molecule has 2 heterocycles. The first-order valence-electron chi connectivity index (χ1n) is 6.13. The molecule has 1 aromatic rings. The lowest BCUT2D eigenvalue weighted by molar-refractivity contribution is 0.0659. The topological polar surface area (TPSA) is 31.4 Å². The van der Waals surface area contributed by atoms with E-state index in [2.05, 4.69) is 11.1 Å². The smallest absolute Gasteiger partial charge is 0.216 e. The van der Waals surface area contributed by atoms with Gasteiger partial charge in [0.25, 0.3) is 0 Å². The second-order valence-corrected chi connectivity index (χ2v) is 4.62. The zero-order valence-electron chi connectivity index (χ0n) is 9.39. The fraction of sp³-hybridized carbons (Fsp3) is 0.615. The Balaban J connectivity index is 1.64. The van der Waals surface area contributed by atoms with Gasteiger partial charge in [0.2, 0.25) is 5.88 Å². The van der Waals surface area contributed by atoms with E-state index in [1.54, 1.807) is 6.20 Å². The van der Waals surface area contributed by atoms with Crippen LogP contribution < -0.4 is 4.74 Å². The second kappa shape index (κ2) is 4.42. The molecule has 1 aliphatic heterocycles. The molecule has 0 amide bonds. The first kappa shape index (κ1) is 10.1. The lowest BCUT2D eigenvalue weighted by atomic mass is 10.2. The van der Waals surface area contributed by atoms with E-state index in [1.807, 2.05) is 6.07 Å². The van der Waals surface area contributed by atoms with Gasteiger partial charge in [-0.1, -0.05) is 6.07 Å². The number of nitrogens with zero attached hydrogens (tertiary/aromatic N) is 1. The summed E-state index contributed by atoms with van der Waals surface area (Å²) in [5.41, 5.74) is 1.28. The predicted octanol–water partition coefficient (Wildman–Crippen LogP) is 2.52. The Kier molecular flexibility index (Phi) is 2.79. The maximum atomic E-state index is 5.79. The van der Waals surface area contributed by atoms with E-state index < -0.39 is 0 Å². The van der Waals surface area contributed by atoms with E-state index in [0.717, 1.165) is 25.3 Å².